The molecule has 4 nitrogen and oxygen atoms in total. The van der Waals surface area contributed by atoms with Crippen molar-refractivity contribution in [2.75, 3.05) is 6.66 Å². The van der Waals surface area contributed by atoms with Gasteiger partial charge in [0, 0.05) is 76.1 Å². The molecule has 16 heavy (non-hydrogen) atoms. The van der Waals surface area contributed by atoms with E-state index in [9.17, 15) is 9.46 Å². The minimum Gasteiger partial charge on any atom is -0.339 e. The largest absolute Gasteiger partial charge is 0.339 e. The van der Waals surface area contributed by atoms with Gasteiger partial charge >= 0.3 is 0 Å². The predicted octanol–water partition coefficient (Wildman–Crippen LogP) is 1.02. The zero-order chi connectivity index (χ0) is 10.9. The second-order valence-electron chi connectivity index (χ2n) is 3.31. The van der Waals surface area contributed by atoms with Crippen molar-refractivity contribution in [1.82, 2.24) is 9.55 Å². The SMILES string of the molecule is CP(=O)(O)c1nccn1-c1ccccc1.[K]. The number of aromatic nitrogens is 2. The smallest absolute Gasteiger partial charge is 0.261 e. The van der Waals surface area contributed by atoms with E-state index in [1.807, 2.05) is 30.3 Å². The fourth-order valence-electron chi connectivity index (χ4n) is 1.39. The van der Waals surface area contributed by atoms with Crippen molar-refractivity contribution in [3.63, 3.8) is 0 Å². The van der Waals surface area contributed by atoms with Crippen LogP contribution in [-0.2, 0) is 4.57 Å². The molecule has 1 N–H and O–H groups in total. The summed E-state index contributed by atoms with van der Waals surface area (Å²) in [5.41, 5.74) is 1.04. The maximum Gasteiger partial charge on any atom is 0.261 e. The van der Waals surface area contributed by atoms with Gasteiger partial charge in [0.1, 0.15) is 0 Å². The molecule has 79 valence electrons. The molecule has 2 aromatic rings. The summed E-state index contributed by atoms with van der Waals surface area (Å²) in [5.74, 6) is 0. The average molecular weight is 261 g/mol. The Bertz CT molecular complexity index is 507. The van der Waals surface area contributed by atoms with Gasteiger partial charge in [-0.25, -0.2) is 4.98 Å². The summed E-state index contributed by atoms with van der Waals surface area (Å²) >= 11 is 0. The first-order chi connectivity index (χ1) is 7.09. The first kappa shape index (κ1) is 14.3. The van der Waals surface area contributed by atoms with Crippen LogP contribution in [0.25, 0.3) is 5.69 Å². The minimum atomic E-state index is -3.32. The molecule has 0 spiro atoms. The van der Waals surface area contributed by atoms with Crippen LogP contribution < -0.4 is 5.57 Å². The second-order valence-corrected chi connectivity index (χ2v) is 5.47. The molecule has 0 aliphatic heterocycles. The van der Waals surface area contributed by atoms with Crippen LogP contribution in [0.15, 0.2) is 42.7 Å². The average Bonchev–Trinajstić information content (AvgIpc) is 2.67. The molecular weight excluding hydrogens is 250 g/mol. The minimum absolute atomic E-state index is 0. The van der Waals surface area contributed by atoms with Gasteiger partial charge in [-0.2, -0.15) is 0 Å². The van der Waals surface area contributed by atoms with E-state index < -0.39 is 7.37 Å². The van der Waals surface area contributed by atoms with Crippen LogP contribution in [0.4, 0.5) is 0 Å². The van der Waals surface area contributed by atoms with Crippen LogP contribution in [0.1, 0.15) is 0 Å². The molecule has 0 fully saturated rings. The third-order valence-corrected chi connectivity index (χ3v) is 3.10. The molecule has 0 saturated carbocycles. The molecular formula is C10H11KN2O2P. The normalized spacial score (nSPS) is 13.9. The number of hydrogen-bond donors (Lipinski definition) is 1. The Balaban J connectivity index is 0.00000128. The first-order valence-electron chi connectivity index (χ1n) is 4.48. The Morgan fingerprint density at radius 2 is 1.94 bits per heavy atom. The van der Waals surface area contributed by atoms with Crippen molar-refractivity contribution in [3.8, 4) is 5.69 Å². The van der Waals surface area contributed by atoms with Gasteiger partial charge in [-0.05, 0) is 12.1 Å². The quantitative estimate of drug-likeness (QED) is 0.648. The van der Waals surface area contributed by atoms with Crippen LogP contribution in [0.3, 0.4) is 0 Å². The number of rotatable bonds is 2. The van der Waals surface area contributed by atoms with E-state index in [1.165, 1.54) is 12.9 Å². The predicted molar refractivity (Wildman–Crippen MR) is 64.7 cm³/mol. The Morgan fingerprint density at radius 1 is 1.31 bits per heavy atom. The molecule has 2 rings (SSSR count). The van der Waals surface area contributed by atoms with E-state index in [2.05, 4.69) is 4.98 Å². The third kappa shape index (κ3) is 3.14. The van der Waals surface area contributed by atoms with Gasteiger partial charge in [0.05, 0.1) is 0 Å². The van der Waals surface area contributed by atoms with E-state index in [0.717, 1.165) is 5.69 Å². The number of nitrogens with zero attached hydrogens (tertiary/aromatic N) is 2. The molecule has 0 amide bonds. The number of benzene rings is 1. The van der Waals surface area contributed by atoms with Crippen LogP contribution >= 0.6 is 7.37 Å². The van der Waals surface area contributed by atoms with Crippen molar-refractivity contribution < 1.29 is 9.46 Å². The van der Waals surface area contributed by atoms with E-state index in [1.54, 1.807) is 10.8 Å². The Hall–Kier alpha value is 0.256. The molecule has 0 saturated heterocycles. The first-order valence-corrected chi connectivity index (χ1v) is 6.59. The van der Waals surface area contributed by atoms with E-state index in [0.29, 0.717) is 0 Å². The topological polar surface area (TPSA) is 55.1 Å². The van der Waals surface area contributed by atoms with Crippen molar-refractivity contribution in [1.29, 1.82) is 0 Å². The molecule has 1 unspecified atom stereocenters. The Kier molecular flexibility index (Phi) is 5.13. The number of imidazole rings is 1. The number of para-hydroxylation sites is 1. The Labute approximate surface area is 137 Å². The van der Waals surface area contributed by atoms with Crippen LogP contribution in [0.2, 0.25) is 0 Å². The second kappa shape index (κ2) is 5.73. The van der Waals surface area contributed by atoms with Gasteiger partial charge in [0.2, 0.25) is 0 Å². The summed E-state index contributed by atoms with van der Waals surface area (Å²) in [6, 6.07) is 9.36. The van der Waals surface area contributed by atoms with E-state index >= 15 is 0 Å². The number of hydrogen-bond acceptors (Lipinski definition) is 2. The standard InChI is InChI=1S/C10H11N2O2P.K/c1-15(13,14)10-11-7-8-12(10)9-5-3-2-4-6-9;/h2-8H,1H3,(H,13,14);. The molecule has 6 heteroatoms. The molecule has 1 aromatic heterocycles. The Morgan fingerprint density at radius 3 is 2.50 bits per heavy atom. The zero-order valence-corrected chi connectivity index (χ0v) is 13.3. The van der Waals surface area contributed by atoms with E-state index in [-0.39, 0.29) is 57.0 Å². The fraction of sp³-hybridized carbons (Fsp3) is 0.100. The van der Waals surface area contributed by atoms with Crippen molar-refractivity contribution in [3.05, 3.63) is 42.7 Å². The molecule has 0 bridgehead atoms. The van der Waals surface area contributed by atoms with Crippen molar-refractivity contribution in [2.24, 2.45) is 0 Å². The summed E-state index contributed by atoms with van der Waals surface area (Å²) in [5, 5.41) is 0. The van der Waals surface area contributed by atoms with Gasteiger partial charge in [0.15, 0.2) is 5.57 Å². The molecule has 0 aliphatic rings. The molecule has 1 heterocycles. The molecule has 1 atom stereocenters. The van der Waals surface area contributed by atoms with Crippen LogP contribution in [0, 0.1) is 0 Å². The molecule has 1 radical (unpaired) electrons. The molecule has 0 aliphatic carbocycles. The van der Waals surface area contributed by atoms with Gasteiger partial charge in [-0.1, -0.05) is 18.2 Å². The zero-order valence-electron chi connectivity index (χ0n) is 9.24. The van der Waals surface area contributed by atoms with E-state index in [4.69, 9.17) is 0 Å². The summed E-state index contributed by atoms with van der Waals surface area (Å²) in [6.45, 7) is 1.29. The maximum absolute atomic E-state index is 11.5. The maximum atomic E-state index is 11.5. The van der Waals surface area contributed by atoms with Gasteiger partial charge < -0.3 is 4.89 Å². The summed E-state index contributed by atoms with van der Waals surface area (Å²) in [4.78, 5) is 13.4. The summed E-state index contributed by atoms with van der Waals surface area (Å²) in [6.07, 6.45) is 3.20. The van der Waals surface area contributed by atoms with Crippen molar-refractivity contribution in [2.45, 2.75) is 0 Å². The summed E-state index contributed by atoms with van der Waals surface area (Å²) in [7, 11) is -3.32. The van der Waals surface area contributed by atoms with Gasteiger partial charge in [0.25, 0.3) is 7.37 Å². The molecule has 1 aromatic carbocycles. The van der Waals surface area contributed by atoms with Gasteiger partial charge in [-0.3, -0.25) is 9.13 Å². The fourth-order valence-corrected chi connectivity index (χ4v) is 2.26. The summed E-state index contributed by atoms with van der Waals surface area (Å²) < 4.78 is 13.2. The third-order valence-electron chi connectivity index (χ3n) is 2.03. The van der Waals surface area contributed by atoms with Crippen LogP contribution in [-0.4, -0.2) is 72.5 Å². The van der Waals surface area contributed by atoms with Gasteiger partial charge in [-0.15, -0.1) is 0 Å². The monoisotopic (exact) mass is 261 g/mol. The van der Waals surface area contributed by atoms with Crippen molar-refractivity contribution >= 4 is 64.3 Å². The van der Waals surface area contributed by atoms with Crippen LogP contribution in [0.5, 0.6) is 0 Å².